The minimum absolute atomic E-state index is 0.0131. The summed E-state index contributed by atoms with van der Waals surface area (Å²) in [7, 11) is 0. The van der Waals surface area contributed by atoms with Gasteiger partial charge in [0.25, 0.3) is 5.91 Å². The number of thioether (sulfide) groups is 1. The van der Waals surface area contributed by atoms with Gasteiger partial charge in [-0.1, -0.05) is 65.9 Å². The minimum Gasteiger partial charge on any atom is -0.481 e. The zero-order chi connectivity index (χ0) is 19.4. The highest BCUT2D eigenvalue weighted by atomic mass is 35.5. The van der Waals surface area contributed by atoms with Crippen LogP contribution in [-0.2, 0) is 9.59 Å². The standard InChI is InChI=1S/C20H16ClNO3S2/c21-16-8-6-14(7-9-16)15-4-1-3-13(11-15)12-17-19(25)22(20(26)27-17)10-2-5-18(23)24/h1,3-4,6-9,11-12H,2,5,10H2,(H,23,24)/b17-12-. The molecule has 0 bridgehead atoms. The normalized spacial score (nSPS) is 15.6. The van der Waals surface area contributed by atoms with Crippen LogP contribution >= 0.6 is 35.6 Å². The topological polar surface area (TPSA) is 57.6 Å². The summed E-state index contributed by atoms with van der Waals surface area (Å²) in [6, 6.07) is 15.4. The predicted octanol–water partition coefficient (Wildman–Crippen LogP) is 5.07. The number of carboxylic acid groups (broad SMARTS) is 1. The first kappa shape index (κ1) is 19.6. The van der Waals surface area contributed by atoms with Crippen LogP contribution in [0.25, 0.3) is 17.2 Å². The van der Waals surface area contributed by atoms with Crippen molar-refractivity contribution in [1.82, 2.24) is 4.90 Å². The molecule has 3 rings (SSSR count). The van der Waals surface area contributed by atoms with E-state index in [0.717, 1.165) is 16.7 Å². The van der Waals surface area contributed by atoms with Gasteiger partial charge in [-0.2, -0.15) is 0 Å². The second-order valence-corrected chi connectivity index (χ2v) is 8.08. The van der Waals surface area contributed by atoms with E-state index < -0.39 is 5.97 Å². The number of nitrogens with zero attached hydrogens (tertiary/aromatic N) is 1. The highest BCUT2D eigenvalue weighted by Gasteiger charge is 2.31. The van der Waals surface area contributed by atoms with E-state index in [4.69, 9.17) is 28.9 Å². The molecular weight excluding hydrogens is 402 g/mol. The summed E-state index contributed by atoms with van der Waals surface area (Å²) in [5, 5.41) is 9.42. The highest BCUT2D eigenvalue weighted by Crippen LogP contribution is 2.33. The van der Waals surface area contributed by atoms with E-state index in [2.05, 4.69) is 0 Å². The van der Waals surface area contributed by atoms with E-state index in [-0.39, 0.29) is 12.3 Å². The summed E-state index contributed by atoms with van der Waals surface area (Å²) in [5.74, 6) is -1.05. The van der Waals surface area contributed by atoms with Crippen molar-refractivity contribution in [3.63, 3.8) is 0 Å². The van der Waals surface area contributed by atoms with Gasteiger partial charge in [-0.3, -0.25) is 14.5 Å². The number of aliphatic carboxylic acids is 1. The third-order valence-electron chi connectivity index (χ3n) is 4.01. The Hall–Kier alpha value is -2.15. The number of thiocarbonyl (C=S) groups is 1. The summed E-state index contributed by atoms with van der Waals surface area (Å²) in [5.41, 5.74) is 2.96. The van der Waals surface area contributed by atoms with Crippen LogP contribution in [0.15, 0.2) is 53.4 Å². The Kier molecular flexibility index (Phi) is 6.31. The first-order chi connectivity index (χ1) is 12.9. The van der Waals surface area contributed by atoms with Crippen molar-refractivity contribution in [3.8, 4) is 11.1 Å². The lowest BCUT2D eigenvalue weighted by Crippen LogP contribution is -2.29. The summed E-state index contributed by atoms with van der Waals surface area (Å²) in [4.78, 5) is 25.2. The molecule has 2 aromatic rings. The predicted molar refractivity (Wildman–Crippen MR) is 114 cm³/mol. The van der Waals surface area contributed by atoms with E-state index in [0.29, 0.717) is 27.2 Å². The molecule has 0 aromatic heterocycles. The van der Waals surface area contributed by atoms with Crippen molar-refractivity contribution >= 4 is 57.9 Å². The van der Waals surface area contributed by atoms with Gasteiger partial charge in [-0.25, -0.2) is 0 Å². The van der Waals surface area contributed by atoms with Crippen LogP contribution in [-0.4, -0.2) is 32.7 Å². The van der Waals surface area contributed by atoms with Gasteiger partial charge in [0.05, 0.1) is 4.91 Å². The average Bonchev–Trinajstić information content (AvgIpc) is 2.89. The molecule has 0 unspecified atom stereocenters. The Bertz CT molecular complexity index is 925. The number of amides is 1. The molecule has 0 aliphatic carbocycles. The zero-order valence-corrected chi connectivity index (χ0v) is 16.6. The molecular formula is C20H16ClNO3S2. The lowest BCUT2D eigenvalue weighted by Gasteiger charge is -2.13. The average molecular weight is 418 g/mol. The number of carbonyl (C=O) groups is 2. The van der Waals surface area contributed by atoms with Gasteiger partial charge in [0.15, 0.2) is 0 Å². The quantitative estimate of drug-likeness (QED) is 0.525. The number of hydrogen-bond donors (Lipinski definition) is 1. The van der Waals surface area contributed by atoms with Gasteiger partial charge < -0.3 is 5.11 Å². The molecule has 1 amide bonds. The maximum Gasteiger partial charge on any atom is 0.303 e. The van der Waals surface area contributed by atoms with Gasteiger partial charge in [-0.05, 0) is 47.4 Å². The fourth-order valence-electron chi connectivity index (χ4n) is 2.68. The third kappa shape index (κ3) is 4.97. The van der Waals surface area contributed by atoms with Crippen molar-refractivity contribution in [1.29, 1.82) is 0 Å². The number of carbonyl (C=O) groups excluding carboxylic acids is 1. The number of carboxylic acids is 1. The zero-order valence-electron chi connectivity index (χ0n) is 14.2. The molecule has 1 N–H and O–H groups in total. The van der Waals surface area contributed by atoms with E-state index >= 15 is 0 Å². The smallest absolute Gasteiger partial charge is 0.303 e. The molecule has 1 saturated heterocycles. The van der Waals surface area contributed by atoms with Crippen molar-refractivity contribution in [2.24, 2.45) is 0 Å². The monoisotopic (exact) mass is 417 g/mol. The molecule has 0 radical (unpaired) electrons. The highest BCUT2D eigenvalue weighted by molar-refractivity contribution is 8.26. The molecule has 4 nitrogen and oxygen atoms in total. The Morgan fingerprint density at radius 3 is 2.63 bits per heavy atom. The number of rotatable bonds is 6. The second kappa shape index (κ2) is 8.69. The van der Waals surface area contributed by atoms with Crippen molar-refractivity contribution in [3.05, 3.63) is 64.0 Å². The first-order valence-electron chi connectivity index (χ1n) is 8.27. The van der Waals surface area contributed by atoms with Crippen LogP contribution in [0.3, 0.4) is 0 Å². The lowest BCUT2D eigenvalue weighted by molar-refractivity contribution is -0.137. The molecule has 1 aliphatic heterocycles. The summed E-state index contributed by atoms with van der Waals surface area (Å²) < 4.78 is 0.463. The molecule has 27 heavy (non-hydrogen) atoms. The largest absolute Gasteiger partial charge is 0.481 e. The van der Waals surface area contributed by atoms with Gasteiger partial charge >= 0.3 is 5.97 Å². The molecule has 0 spiro atoms. The van der Waals surface area contributed by atoms with E-state index in [9.17, 15) is 9.59 Å². The molecule has 2 aromatic carbocycles. The molecule has 1 aliphatic rings. The van der Waals surface area contributed by atoms with Crippen LogP contribution < -0.4 is 0 Å². The fourth-order valence-corrected chi connectivity index (χ4v) is 4.12. The molecule has 1 heterocycles. The summed E-state index contributed by atoms with van der Waals surface area (Å²) in [6.45, 7) is 0.319. The Morgan fingerprint density at radius 1 is 1.19 bits per heavy atom. The Morgan fingerprint density at radius 2 is 1.93 bits per heavy atom. The Labute approximate surface area is 171 Å². The lowest BCUT2D eigenvalue weighted by atomic mass is 10.0. The van der Waals surface area contributed by atoms with Crippen LogP contribution in [0.4, 0.5) is 0 Å². The SMILES string of the molecule is O=C(O)CCCN1C(=O)/C(=C/c2cccc(-c3ccc(Cl)cc3)c2)SC1=S. The minimum atomic E-state index is -0.880. The van der Waals surface area contributed by atoms with Gasteiger partial charge in [0, 0.05) is 18.0 Å². The van der Waals surface area contributed by atoms with Gasteiger partial charge in [0.2, 0.25) is 0 Å². The maximum absolute atomic E-state index is 12.6. The van der Waals surface area contributed by atoms with E-state index in [1.807, 2.05) is 54.6 Å². The van der Waals surface area contributed by atoms with Gasteiger partial charge in [0.1, 0.15) is 4.32 Å². The summed E-state index contributed by atoms with van der Waals surface area (Å²) in [6.07, 6.45) is 2.20. The second-order valence-electron chi connectivity index (χ2n) is 5.96. The van der Waals surface area contributed by atoms with Crippen molar-refractivity contribution < 1.29 is 14.7 Å². The third-order valence-corrected chi connectivity index (χ3v) is 5.64. The van der Waals surface area contributed by atoms with Crippen LogP contribution in [0.1, 0.15) is 18.4 Å². The number of benzene rings is 2. The van der Waals surface area contributed by atoms with Crippen molar-refractivity contribution in [2.45, 2.75) is 12.8 Å². The Balaban J connectivity index is 1.77. The van der Waals surface area contributed by atoms with Crippen LogP contribution in [0.5, 0.6) is 0 Å². The van der Waals surface area contributed by atoms with Crippen LogP contribution in [0, 0.1) is 0 Å². The molecule has 1 fully saturated rings. The van der Waals surface area contributed by atoms with Crippen molar-refractivity contribution in [2.75, 3.05) is 6.54 Å². The van der Waals surface area contributed by atoms with E-state index in [1.54, 1.807) is 0 Å². The first-order valence-corrected chi connectivity index (χ1v) is 9.87. The molecule has 0 atom stereocenters. The van der Waals surface area contributed by atoms with Crippen LogP contribution in [0.2, 0.25) is 5.02 Å². The molecule has 7 heteroatoms. The molecule has 0 saturated carbocycles. The van der Waals surface area contributed by atoms with E-state index in [1.165, 1.54) is 16.7 Å². The number of halogens is 1. The maximum atomic E-state index is 12.6. The fraction of sp³-hybridized carbons (Fsp3) is 0.150. The number of hydrogen-bond acceptors (Lipinski definition) is 4. The van der Waals surface area contributed by atoms with Gasteiger partial charge in [-0.15, -0.1) is 0 Å². The summed E-state index contributed by atoms with van der Waals surface area (Å²) >= 11 is 12.5. The molecule has 138 valence electrons.